The van der Waals surface area contributed by atoms with Gasteiger partial charge in [-0.05, 0) is 49.9 Å². The minimum atomic E-state index is -0.146. The second-order valence-electron chi connectivity index (χ2n) is 4.10. The molecule has 0 aliphatic heterocycles. The van der Waals surface area contributed by atoms with E-state index in [2.05, 4.69) is 7.05 Å². The van der Waals surface area contributed by atoms with E-state index < -0.39 is 0 Å². The molecule has 3 heteroatoms. The Labute approximate surface area is 123 Å². The van der Waals surface area contributed by atoms with Gasteiger partial charge in [0.05, 0.1) is 0 Å². The Bertz CT molecular complexity index is 336. The minimum Gasteiger partial charge on any atom is -0.525 e. The van der Waals surface area contributed by atoms with Crippen molar-refractivity contribution in [1.29, 1.82) is 0 Å². The van der Waals surface area contributed by atoms with Crippen molar-refractivity contribution in [2.75, 3.05) is 11.4 Å². The third-order valence-corrected chi connectivity index (χ3v) is 2.70. The molecule has 1 aliphatic rings. The molecule has 1 aromatic carbocycles. The maximum atomic E-state index is 13.2. The van der Waals surface area contributed by atoms with E-state index in [1.165, 1.54) is 12.8 Å². The number of nitrogens with zero attached hydrogens (tertiary/aromatic N) is 1. The SMILES string of the molecule is [CH2-]N(CC1CC1)c1ccc(C)c(F)c1.[Pm]. The fourth-order valence-corrected chi connectivity index (χ4v) is 1.50. The molecular weight excluding hydrogens is 322 g/mol. The molecule has 0 amide bonds. The molecule has 1 aromatic rings. The zero-order chi connectivity index (χ0) is 10.1. The largest absolute Gasteiger partial charge is 0.525 e. The van der Waals surface area contributed by atoms with Gasteiger partial charge in [0.15, 0.2) is 0 Å². The number of aryl methyl sites for hydroxylation is 1. The molecular formula is C12H15FNPm-. The van der Waals surface area contributed by atoms with Crippen LogP contribution in [-0.2, 0) is 0 Å². The van der Waals surface area contributed by atoms with Crippen LogP contribution >= 0.6 is 0 Å². The summed E-state index contributed by atoms with van der Waals surface area (Å²) in [6.45, 7) is 2.72. The van der Waals surface area contributed by atoms with Crippen LogP contribution < -0.4 is 4.90 Å². The van der Waals surface area contributed by atoms with Gasteiger partial charge in [0, 0.05) is 46.1 Å². The van der Waals surface area contributed by atoms with Gasteiger partial charge in [0.2, 0.25) is 0 Å². The number of halogens is 1. The van der Waals surface area contributed by atoms with Gasteiger partial charge >= 0.3 is 0 Å². The molecule has 1 fully saturated rings. The summed E-state index contributed by atoms with van der Waals surface area (Å²) in [5.41, 5.74) is 1.56. The number of hydrogen-bond acceptors (Lipinski definition) is 1. The zero-order valence-electron chi connectivity index (χ0n) is 8.91. The predicted molar refractivity (Wildman–Crippen MR) is 56.6 cm³/mol. The van der Waals surface area contributed by atoms with Crippen LogP contribution in [0.5, 0.6) is 0 Å². The number of benzene rings is 1. The van der Waals surface area contributed by atoms with E-state index in [0.29, 0.717) is 5.56 Å². The normalized spacial score (nSPS) is 14.6. The fourth-order valence-electron chi connectivity index (χ4n) is 1.50. The van der Waals surface area contributed by atoms with Crippen LogP contribution in [0.3, 0.4) is 0 Å². The summed E-state index contributed by atoms with van der Waals surface area (Å²) in [4.78, 5) is 1.89. The average Bonchev–Trinajstić information content (AvgIpc) is 2.93. The molecule has 0 heterocycles. The molecule has 0 atom stereocenters. The van der Waals surface area contributed by atoms with E-state index in [1.54, 1.807) is 19.1 Å². The summed E-state index contributed by atoms with van der Waals surface area (Å²) in [5, 5.41) is 0. The Kier molecular flexibility index (Phi) is 4.96. The first kappa shape index (κ1) is 13.4. The fraction of sp³-hybridized carbons (Fsp3) is 0.417. The second-order valence-corrected chi connectivity index (χ2v) is 4.10. The molecule has 81 valence electrons. The number of hydrogen-bond donors (Lipinski definition) is 0. The van der Waals surface area contributed by atoms with Crippen LogP contribution in [0.1, 0.15) is 18.4 Å². The standard InChI is InChI=1S/C12H15FN.Pm/c1-9-3-6-11(7-12(9)13)14(2)8-10-4-5-10;/h3,6-7,10H,2,4-5,8H2,1H3;/q-1;. The van der Waals surface area contributed by atoms with Gasteiger partial charge in [-0.2, -0.15) is 0 Å². The molecule has 0 saturated heterocycles. The zero-order valence-corrected chi connectivity index (χ0v) is 11.8. The van der Waals surface area contributed by atoms with Crippen LogP contribution in [0.15, 0.2) is 18.2 Å². The average molecular weight is 337 g/mol. The number of anilines is 1. The Balaban J connectivity index is 0.00000112. The van der Waals surface area contributed by atoms with E-state index in [0.717, 1.165) is 18.2 Å². The van der Waals surface area contributed by atoms with E-state index in [1.807, 2.05) is 11.0 Å². The van der Waals surface area contributed by atoms with E-state index in [-0.39, 0.29) is 46.2 Å². The topological polar surface area (TPSA) is 3.24 Å². The molecule has 1 aliphatic carbocycles. The molecule has 0 aromatic heterocycles. The maximum absolute atomic E-state index is 13.2. The van der Waals surface area contributed by atoms with Gasteiger partial charge in [-0.3, -0.25) is 7.05 Å². The first-order chi connectivity index (χ1) is 6.66. The summed E-state index contributed by atoms with van der Waals surface area (Å²) in [6, 6.07) is 5.29. The van der Waals surface area contributed by atoms with E-state index >= 15 is 0 Å². The van der Waals surface area contributed by atoms with Gasteiger partial charge < -0.3 is 4.90 Å². The second kappa shape index (κ2) is 5.57. The van der Waals surface area contributed by atoms with Gasteiger partial charge in [0.1, 0.15) is 5.82 Å². The Morgan fingerprint density at radius 1 is 1.47 bits per heavy atom. The first-order valence-electron chi connectivity index (χ1n) is 5.01. The molecule has 0 spiro atoms. The molecule has 1 nitrogen and oxygen atoms in total. The van der Waals surface area contributed by atoms with Gasteiger partial charge in [-0.15, -0.1) is 0 Å². The first-order valence-corrected chi connectivity index (χ1v) is 5.01. The molecule has 1 saturated carbocycles. The molecule has 1 radical (unpaired) electrons. The number of rotatable bonds is 3. The van der Waals surface area contributed by atoms with E-state index in [9.17, 15) is 4.39 Å². The van der Waals surface area contributed by atoms with Crippen molar-refractivity contribution in [3.05, 3.63) is 36.6 Å². The smallest absolute Gasteiger partial charge is 0.128 e. The van der Waals surface area contributed by atoms with Crippen LogP contribution in [0.25, 0.3) is 0 Å². The van der Waals surface area contributed by atoms with Gasteiger partial charge in [-0.25, -0.2) is 4.39 Å². The van der Waals surface area contributed by atoms with Crippen molar-refractivity contribution in [2.45, 2.75) is 19.8 Å². The summed E-state index contributed by atoms with van der Waals surface area (Å²) < 4.78 is 13.2. The van der Waals surface area contributed by atoms with Crippen molar-refractivity contribution >= 4 is 5.69 Å². The van der Waals surface area contributed by atoms with Crippen molar-refractivity contribution in [2.24, 2.45) is 5.92 Å². The van der Waals surface area contributed by atoms with Crippen molar-refractivity contribution in [3.63, 3.8) is 0 Å². The molecule has 2 rings (SSSR count). The summed E-state index contributed by atoms with van der Waals surface area (Å²) in [5.74, 6) is 0.629. The molecule has 15 heavy (non-hydrogen) atoms. The minimum absolute atomic E-state index is 0. The molecule has 0 bridgehead atoms. The monoisotopic (exact) mass is 337 g/mol. The van der Waals surface area contributed by atoms with Crippen molar-refractivity contribution in [3.8, 4) is 0 Å². The molecule has 0 unspecified atom stereocenters. The summed E-state index contributed by atoms with van der Waals surface area (Å²) in [7, 11) is 3.93. The van der Waals surface area contributed by atoms with Gasteiger partial charge in [0.25, 0.3) is 0 Å². The maximum Gasteiger partial charge on any atom is 0.128 e. The van der Waals surface area contributed by atoms with E-state index in [4.69, 9.17) is 0 Å². The third kappa shape index (κ3) is 3.66. The van der Waals surface area contributed by atoms with Crippen molar-refractivity contribution in [1.82, 2.24) is 0 Å². The predicted octanol–water partition coefficient (Wildman–Crippen LogP) is 3.14. The Morgan fingerprint density at radius 3 is 2.67 bits per heavy atom. The van der Waals surface area contributed by atoms with Crippen LogP contribution in [0, 0.1) is 66.1 Å². The van der Waals surface area contributed by atoms with Crippen molar-refractivity contribution < 1.29 is 44.8 Å². The van der Waals surface area contributed by atoms with Gasteiger partial charge in [-0.1, -0.05) is 6.07 Å². The van der Waals surface area contributed by atoms with Crippen LogP contribution in [-0.4, -0.2) is 6.54 Å². The van der Waals surface area contributed by atoms with Crippen LogP contribution in [0.2, 0.25) is 0 Å². The van der Waals surface area contributed by atoms with Crippen LogP contribution in [0.4, 0.5) is 10.1 Å². The molecule has 0 N–H and O–H groups in total. The quantitative estimate of drug-likeness (QED) is 0.766. The summed E-state index contributed by atoms with van der Waals surface area (Å²) in [6.07, 6.45) is 2.58. The third-order valence-electron chi connectivity index (χ3n) is 2.70. The Hall–Kier alpha value is 0.288. The summed E-state index contributed by atoms with van der Waals surface area (Å²) >= 11 is 0. The Morgan fingerprint density at radius 2 is 2.13 bits per heavy atom.